The summed E-state index contributed by atoms with van der Waals surface area (Å²) in [6, 6.07) is 0. The lowest BCUT2D eigenvalue weighted by Gasteiger charge is -2.21. The molecule has 1 aromatic rings. The van der Waals surface area contributed by atoms with Gasteiger partial charge in [0.05, 0.1) is 13.0 Å². The van der Waals surface area contributed by atoms with Crippen LogP contribution in [-0.2, 0) is 16.1 Å². The van der Waals surface area contributed by atoms with Crippen molar-refractivity contribution in [3.8, 4) is 0 Å². The van der Waals surface area contributed by atoms with Gasteiger partial charge in [0.15, 0.2) is 0 Å². The van der Waals surface area contributed by atoms with Gasteiger partial charge in [-0.15, -0.1) is 0 Å². The molecule has 0 aliphatic carbocycles. The van der Waals surface area contributed by atoms with Crippen LogP contribution in [0.2, 0.25) is 0 Å². The first-order valence-electron chi connectivity index (χ1n) is 7.57. The third kappa shape index (κ3) is 6.01. The Kier molecular flexibility index (Phi) is 7.67. The van der Waals surface area contributed by atoms with Crippen molar-refractivity contribution in [3.05, 3.63) is 20.2 Å². The van der Waals surface area contributed by atoms with Gasteiger partial charge in [-0.1, -0.05) is 32.1 Å². The van der Waals surface area contributed by atoms with Crippen LogP contribution in [0.15, 0.2) is 4.79 Å². The Bertz CT molecular complexity index is 493. The van der Waals surface area contributed by atoms with Gasteiger partial charge in [-0.25, -0.2) is 0 Å². The molecule has 0 aromatic carbocycles. The molecule has 120 valence electrons. The van der Waals surface area contributed by atoms with Crippen molar-refractivity contribution < 1.29 is 9.53 Å². The van der Waals surface area contributed by atoms with Gasteiger partial charge in [0.25, 0.3) is 0 Å². The number of carbonyl (C=O) groups is 1. The summed E-state index contributed by atoms with van der Waals surface area (Å²) >= 11 is 1.27. The number of aromatic amines is 1. The fourth-order valence-corrected chi connectivity index (χ4v) is 3.26. The number of carbonyl (C=O) groups excluding carboxylic acids is 1. The molecule has 0 bridgehead atoms. The zero-order chi connectivity index (χ0) is 15.8. The van der Waals surface area contributed by atoms with Gasteiger partial charge < -0.3 is 9.72 Å². The fraction of sp³-hybridized carbons (Fsp3) is 0.733. The van der Waals surface area contributed by atoms with Crippen molar-refractivity contribution in [2.45, 2.75) is 53.0 Å². The average molecular weight is 314 g/mol. The van der Waals surface area contributed by atoms with Crippen LogP contribution in [0, 0.1) is 0 Å². The molecule has 1 N–H and O–H groups in total. The number of H-pyrrole nitrogens is 1. The Morgan fingerprint density at radius 3 is 2.62 bits per heavy atom. The lowest BCUT2D eigenvalue weighted by molar-refractivity contribution is -0.143. The van der Waals surface area contributed by atoms with E-state index >= 15 is 0 Å². The summed E-state index contributed by atoms with van der Waals surface area (Å²) < 4.78 is 4.97. The number of nitrogens with zero attached hydrogens (tertiary/aromatic N) is 1. The molecule has 0 unspecified atom stereocenters. The van der Waals surface area contributed by atoms with Crippen LogP contribution in [0.1, 0.15) is 57.0 Å². The zero-order valence-electron chi connectivity index (χ0n) is 13.4. The van der Waals surface area contributed by atoms with Crippen LogP contribution in [-0.4, -0.2) is 35.5 Å². The SMILES string of the molecule is CCCN(CCC(=O)OCC)Cc1sc(=O)[nH]c1C(C)C. The summed E-state index contributed by atoms with van der Waals surface area (Å²) in [5.74, 6) is 0.137. The minimum Gasteiger partial charge on any atom is -0.466 e. The van der Waals surface area contributed by atoms with Crippen molar-refractivity contribution >= 4 is 17.3 Å². The van der Waals surface area contributed by atoms with E-state index in [1.807, 2.05) is 6.92 Å². The average Bonchev–Trinajstić information content (AvgIpc) is 2.78. The largest absolute Gasteiger partial charge is 0.466 e. The van der Waals surface area contributed by atoms with Crippen molar-refractivity contribution in [2.24, 2.45) is 0 Å². The summed E-state index contributed by atoms with van der Waals surface area (Å²) in [5.41, 5.74) is 1.02. The second-order valence-corrected chi connectivity index (χ2v) is 6.40. The standard InChI is InChI=1S/C15H26N2O3S/c1-5-8-17(9-7-13(18)20-6-2)10-12-14(11(3)4)16-15(19)21-12/h11H,5-10H2,1-4H3,(H,16,19). The number of esters is 1. The molecule has 21 heavy (non-hydrogen) atoms. The highest BCUT2D eigenvalue weighted by molar-refractivity contribution is 7.09. The van der Waals surface area contributed by atoms with E-state index in [0.717, 1.165) is 23.5 Å². The molecule has 0 aliphatic heterocycles. The van der Waals surface area contributed by atoms with Crippen molar-refractivity contribution in [2.75, 3.05) is 19.7 Å². The highest BCUT2D eigenvalue weighted by atomic mass is 32.1. The maximum absolute atomic E-state index is 11.6. The Morgan fingerprint density at radius 1 is 1.33 bits per heavy atom. The molecule has 0 atom stereocenters. The number of aromatic nitrogens is 1. The van der Waals surface area contributed by atoms with Gasteiger partial charge >= 0.3 is 10.8 Å². The smallest absolute Gasteiger partial charge is 0.307 e. The van der Waals surface area contributed by atoms with E-state index in [0.29, 0.717) is 32.0 Å². The van der Waals surface area contributed by atoms with Crippen LogP contribution >= 0.6 is 11.3 Å². The van der Waals surface area contributed by atoms with Crippen LogP contribution in [0.4, 0.5) is 0 Å². The van der Waals surface area contributed by atoms with Crippen molar-refractivity contribution in [1.29, 1.82) is 0 Å². The lowest BCUT2D eigenvalue weighted by atomic mass is 10.1. The maximum Gasteiger partial charge on any atom is 0.307 e. The molecule has 0 saturated heterocycles. The van der Waals surface area contributed by atoms with Gasteiger partial charge in [0, 0.05) is 23.7 Å². The molecule has 1 aromatic heterocycles. The minimum atomic E-state index is -0.162. The predicted octanol–water partition coefficient (Wildman–Crippen LogP) is 2.73. The molecule has 0 aliphatic rings. The summed E-state index contributed by atoms with van der Waals surface area (Å²) in [6.45, 7) is 10.8. The summed E-state index contributed by atoms with van der Waals surface area (Å²) in [4.78, 5) is 29.3. The van der Waals surface area contributed by atoms with E-state index < -0.39 is 0 Å². The van der Waals surface area contributed by atoms with Crippen LogP contribution in [0.25, 0.3) is 0 Å². The summed E-state index contributed by atoms with van der Waals surface area (Å²) in [5, 5.41) is 0. The topological polar surface area (TPSA) is 62.4 Å². The van der Waals surface area contributed by atoms with Gasteiger partial charge in [0.1, 0.15) is 0 Å². The van der Waals surface area contributed by atoms with Gasteiger partial charge in [-0.3, -0.25) is 14.5 Å². The van der Waals surface area contributed by atoms with Crippen molar-refractivity contribution in [1.82, 2.24) is 9.88 Å². The maximum atomic E-state index is 11.6. The number of nitrogens with one attached hydrogen (secondary N) is 1. The molecular weight excluding hydrogens is 288 g/mol. The summed E-state index contributed by atoms with van der Waals surface area (Å²) in [6.07, 6.45) is 1.41. The number of rotatable bonds is 9. The predicted molar refractivity (Wildman–Crippen MR) is 85.8 cm³/mol. The number of thiazole rings is 1. The van der Waals surface area contributed by atoms with E-state index in [-0.39, 0.29) is 10.8 Å². The Morgan fingerprint density at radius 2 is 2.05 bits per heavy atom. The molecule has 5 nitrogen and oxygen atoms in total. The molecule has 0 fully saturated rings. The van der Waals surface area contributed by atoms with Crippen LogP contribution in [0.5, 0.6) is 0 Å². The highest BCUT2D eigenvalue weighted by Gasteiger charge is 2.15. The molecule has 1 heterocycles. The second kappa shape index (κ2) is 9.00. The first-order valence-corrected chi connectivity index (χ1v) is 8.39. The highest BCUT2D eigenvalue weighted by Crippen LogP contribution is 2.20. The normalized spacial score (nSPS) is 11.3. The first kappa shape index (κ1) is 17.9. The van der Waals surface area contributed by atoms with E-state index in [2.05, 4.69) is 30.7 Å². The Hall–Kier alpha value is -1.14. The van der Waals surface area contributed by atoms with Gasteiger partial charge in [-0.2, -0.15) is 0 Å². The van der Waals surface area contributed by atoms with Gasteiger partial charge in [-0.05, 0) is 25.8 Å². The Balaban J connectivity index is 2.69. The third-order valence-corrected chi connectivity index (χ3v) is 4.06. The van der Waals surface area contributed by atoms with E-state index in [1.165, 1.54) is 11.3 Å². The third-order valence-electron chi connectivity index (χ3n) is 3.17. The molecule has 0 spiro atoms. The molecule has 0 amide bonds. The quantitative estimate of drug-likeness (QED) is 0.712. The molecule has 6 heteroatoms. The minimum absolute atomic E-state index is 0.00413. The number of ether oxygens (including phenoxy) is 1. The monoisotopic (exact) mass is 314 g/mol. The van der Waals surface area contributed by atoms with Crippen LogP contribution in [0.3, 0.4) is 0 Å². The fourth-order valence-electron chi connectivity index (χ4n) is 2.23. The second-order valence-electron chi connectivity index (χ2n) is 5.34. The molecule has 1 rings (SSSR count). The number of hydrogen-bond acceptors (Lipinski definition) is 5. The van der Waals surface area contributed by atoms with E-state index in [1.54, 1.807) is 0 Å². The lowest BCUT2D eigenvalue weighted by Crippen LogP contribution is -2.27. The molecular formula is C15H26N2O3S. The number of hydrogen-bond donors (Lipinski definition) is 1. The zero-order valence-corrected chi connectivity index (χ0v) is 14.2. The van der Waals surface area contributed by atoms with E-state index in [4.69, 9.17) is 4.74 Å². The van der Waals surface area contributed by atoms with Gasteiger partial charge in [0.2, 0.25) is 0 Å². The summed E-state index contributed by atoms with van der Waals surface area (Å²) in [7, 11) is 0. The van der Waals surface area contributed by atoms with Crippen molar-refractivity contribution in [3.63, 3.8) is 0 Å². The first-order chi connectivity index (χ1) is 9.97. The molecule has 0 radical (unpaired) electrons. The Labute approximate surface area is 130 Å². The van der Waals surface area contributed by atoms with Crippen LogP contribution < -0.4 is 4.87 Å². The molecule has 0 saturated carbocycles. The van der Waals surface area contributed by atoms with E-state index in [9.17, 15) is 9.59 Å².